The second kappa shape index (κ2) is 6.04. The highest BCUT2D eigenvalue weighted by Gasteiger charge is 2.11. The maximum Gasteiger partial charge on any atom is 0.0948 e. The summed E-state index contributed by atoms with van der Waals surface area (Å²) in [5, 5.41) is 3.41. The van der Waals surface area contributed by atoms with Crippen molar-refractivity contribution in [2.75, 3.05) is 6.54 Å². The van der Waals surface area contributed by atoms with Crippen molar-refractivity contribution in [3.05, 3.63) is 18.2 Å². The molecule has 0 amide bonds. The number of hydrogen-bond donors (Lipinski definition) is 1. The highest BCUT2D eigenvalue weighted by molar-refractivity contribution is 4.97. The Hall–Kier alpha value is -0.830. The summed E-state index contributed by atoms with van der Waals surface area (Å²) in [5.74, 6) is 0. The van der Waals surface area contributed by atoms with Crippen molar-refractivity contribution in [3.8, 4) is 0 Å². The van der Waals surface area contributed by atoms with E-state index in [4.69, 9.17) is 0 Å². The lowest BCUT2D eigenvalue weighted by molar-refractivity contribution is 0.347. The Bertz CT molecular complexity index is 296. The van der Waals surface area contributed by atoms with Crippen LogP contribution in [0, 0.1) is 5.41 Å². The van der Waals surface area contributed by atoms with E-state index in [0.29, 0.717) is 5.41 Å². The molecule has 0 atom stereocenters. The van der Waals surface area contributed by atoms with Crippen molar-refractivity contribution < 1.29 is 0 Å². The molecule has 0 aromatic carbocycles. The van der Waals surface area contributed by atoms with E-state index in [9.17, 15) is 0 Å². The Labute approximate surface area is 99.3 Å². The number of rotatable bonds is 6. The van der Waals surface area contributed by atoms with Crippen molar-refractivity contribution in [1.82, 2.24) is 14.9 Å². The molecule has 0 bridgehead atoms. The molecule has 0 aliphatic heterocycles. The third-order valence-corrected chi connectivity index (χ3v) is 2.63. The number of nitrogens with zero attached hydrogens (tertiary/aromatic N) is 2. The third-order valence-electron chi connectivity index (χ3n) is 2.63. The van der Waals surface area contributed by atoms with Crippen LogP contribution in [-0.2, 0) is 13.1 Å². The van der Waals surface area contributed by atoms with E-state index in [0.717, 1.165) is 19.6 Å². The topological polar surface area (TPSA) is 29.9 Å². The zero-order valence-corrected chi connectivity index (χ0v) is 11.1. The van der Waals surface area contributed by atoms with Gasteiger partial charge in [0.2, 0.25) is 0 Å². The molecule has 1 N–H and O–H groups in total. The molecule has 1 aromatic heterocycles. The summed E-state index contributed by atoms with van der Waals surface area (Å²) in [4.78, 5) is 4.22. The minimum atomic E-state index is 0.387. The first-order chi connectivity index (χ1) is 7.53. The van der Waals surface area contributed by atoms with Crippen molar-refractivity contribution in [2.24, 2.45) is 5.41 Å². The quantitative estimate of drug-likeness (QED) is 0.752. The molecule has 0 fully saturated rings. The Balaban J connectivity index is 2.44. The fraction of sp³-hybridized carbons (Fsp3) is 0.769. The fourth-order valence-electron chi connectivity index (χ4n) is 1.55. The van der Waals surface area contributed by atoms with Gasteiger partial charge in [0.25, 0.3) is 0 Å². The molecule has 92 valence electrons. The monoisotopic (exact) mass is 223 g/mol. The van der Waals surface area contributed by atoms with Gasteiger partial charge in [-0.25, -0.2) is 4.98 Å². The van der Waals surface area contributed by atoms with Crippen LogP contribution in [0.25, 0.3) is 0 Å². The molecule has 0 saturated carbocycles. The minimum absolute atomic E-state index is 0.387. The molecule has 1 aromatic rings. The average molecular weight is 223 g/mol. The zero-order chi connectivity index (χ0) is 12.0. The summed E-state index contributed by atoms with van der Waals surface area (Å²) < 4.78 is 2.26. The number of imidazole rings is 1. The summed E-state index contributed by atoms with van der Waals surface area (Å²) in [7, 11) is 0. The molecular weight excluding hydrogens is 198 g/mol. The second-order valence-electron chi connectivity index (χ2n) is 5.57. The van der Waals surface area contributed by atoms with E-state index in [2.05, 4.69) is 42.6 Å². The minimum Gasteiger partial charge on any atom is -0.333 e. The van der Waals surface area contributed by atoms with Crippen molar-refractivity contribution in [1.29, 1.82) is 0 Å². The number of nitrogens with one attached hydrogen (secondary N) is 1. The van der Waals surface area contributed by atoms with Gasteiger partial charge in [0.1, 0.15) is 0 Å². The largest absolute Gasteiger partial charge is 0.333 e. The van der Waals surface area contributed by atoms with Gasteiger partial charge in [-0.05, 0) is 24.8 Å². The SMILES string of the molecule is CCCNCc1cncn1CCC(C)(C)C. The van der Waals surface area contributed by atoms with E-state index in [1.165, 1.54) is 18.5 Å². The highest BCUT2D eigenvalue weighted by Crippen LogP contribution is 2.19. The van der Waals surface area contributed by atoms with Crippen LogP contribution in [0.1, 0.15) is 46.2 Å². The lowest BCUT2D eigenvalue weighted by Crippen LogP contribution is -2.18. The number of hydrogen-bond acceptors (Lipinski definition) is 2. The maximum absolute atomic E-state index is 4.22. The summed E-state index contributed by atoms with van der Waals surface area (Å²) in [6.45, 7) is 12.1. The van der Waals surface area contributed by atoms with Crippen LogP contribution in [0.4, 0.5) is 0 Å². The summed E-state index contributed by atoms with van der Waals surface area (Å²) >= 11 is 0. The molecule has 0 spiro atoms. The maximum atomic E-state index is 4.22. The van der Waals surface area contributed by atoms with Gasteiger partial charge in [0.05, 0.1) is 12.0 Å². The van der Waals surface area contributed by atoms with Gasteiger partial charge >= 0.3 is 0 Å². The lowest BCUT2D eigenvalue weighted by Gasteiger charge is -2.19. The smallest absolute Gasteiger partial charge is 0.0948 e. The van der Waals surface area contributed by atoms with Gasteiger partial charge in [-0.1, -0.05) is 27.7 Å². The van der Waals surface area contributed by atoms with E-state index in [-0.39, 0.29) is 0 Å². The first kappa shape index (κ1) is 13.2. The predicted octanol–water partition coefficient (Wildman–Crippen LogP) is 2.82. The fourth-order valence-corrected chi connectivity index (χ4v) is 1.55. The Kier molecular flexibility index (Phi) is 5.00. The van der Waals surface area contributed by atoms with Gasteiger partial charge in [-0.3, -0.25) is 0 Å². The zero-order valence-electron chi connectivity index (χ0n) is 11.1. The number of aryl methyl sites for hydroxylation is 1. The summed E-state index contributed by atoms with van der Waals surface area (Å²) in [5.41, 5.74) is 1.68. The van der Waals surface area contributed by atoms with Gasteiger partial charge in [0.15, 0.2) is 0 Å². The van der Waals surface area contributed by atoms with Crippen LogP contribution in [-0.4, -0.2) is 16.1 Å². The van der Waals surface area contributed by atoms with Crippen molar-refractivity contribution in [2.45, 2.75) is 53.6 Å². The van der Waals surface area contributed by atoms with Gasteiger partial charge in [-0.15, -0.1) is 0 Å². The van der Waals surface area contributed by atoms with Crippen LogP contribution < -0.4 is 5.32 Å². The molecule has 16 heavy (non-hydrogen) atoms. The van der Waals surface area contributed by atoms with Crippen LogP contribution >= 0.6 is 0 Å². The average Bonchev–Trinajstić information content (AvgIpc) is 2.62. The first-order valence-corrected chi connectivity index (χ1v) is 6.22. The highest BCUT2D eigenvalue weighted by atomic mass is 15.1. The first-order valence-electron chi connectivity index (χ1n) is 6.22. The molecule has 0 saturated heterocycles. The van der Waals surface area contributed by atoms with Crippen molar-refractivity contribution >= 4 is 0 Å². The van der Waals surface area contributed by atoms with E-state index < -0.39 is 0 Å². The van der Waals surface area contributed by atoms with Gasteiger partial charge in [0, 0.05) is 19.3 Å². The van der Waals surface area contributed by atoms with Crippen LogP contribution in [0.15, 0.2) is 12.5 Å². The third kappa shape index (κ3) is 4.79. The molecule has 0 unspecified atom stereocenters. The molecule has 0 aliphatic rings. The summed E-state index contributed by atoms with van der Waals surface area (Å²) in [6.07, 6.45) is 6.26. The normalized spacial score (nSPS) is 12.0. The van der Waals surface area contributed by atoms with Gasteiger partial charge < -0.3 is 9.88 Å². The molecule has 1 rings (SSSR count). The predicted molar refractivity (Wildman–Crippen MR) is 68.3 cm³/mol. The Morgan fingerprint density at radius 2 is 2.12 bits per heavy atom. The molecule has 1 heterocycles. The van der Waals surface area contributed by atoms with Crippen molar-refractivity contribution in [3.63, 3.8) is 0 Å². The van der Waals surface area contributed by atoms with Crippen LogP contribution in [0.5, 0.6) is 0 Å². The summed E-state index contributed by atoms with van der Waals surface area (Å²) in [6, 6.07) is 0. The lowest BCUT2D eigenvalue weighted by atomic mass is 9.92. The molecule has 0 aliphatic carbocycles. The molecule has 3 nitrogen and oxygen atoms in total. The molecule has 3 heteroatoms. The van der Waals surface area contributed by atoms with E-state index in [1.807, 2.05) is 12.5 Å². The number of aromatic nitrogens is 2. The standard InChI is InChI=1S/C13H25N3/c1-5-7-14-9-12-10-15-11-16(12)8-6-13(2,3)4/h10-11,14H,5-9H2,1-4H3. The van der Waals surface area contributed by atoms with E-state index in [1.54, 1.807) is 0 Å². The molecular formula is C13H25N3. The molecule has 0 radical (unpaired) electrons. The Morgan fingerprint density at radius 1 is 1.38 bits per heavy atom. The van der Waals surface area contributed by atoms with Crippen LogP contribution in [0.3, 0.4) is 0 Å². The second-order valence-corrected chi connectivity index (χ2v) is 5.57. The van der Waals surface area contributed by atoms with Gasteiger partial charge in [-0.2, -0.15) is 0 Å². The van der Waals surface area contributed by atoms with Crippen LogP contribution in [0.2, 0.25) is 0 Å². The van der Waals surface area contributed by atoms with E-state index >= 15 is 0 Å². The Morgan fingerprint density at radius 3 is 2.75 bits per heavy atom.